The van der Waals surface area contributed by atoms with Gasteiger partial charge in [0, 0.05) is 25.2 Å². The van der Waals surface area contributed by atoms with Crippen molar-refractivity contribution in [3.63, 3.8) is 0 Å². The van der Waals surface area contributed by atoms with Crippen LogP contribution in [0.5, 0.6) is 0 Å². The van der Waals surface area contributed by atoms with E-state index in [1.165, 1.54) is 0 Å². The van der Waals surface area contributed by atoms with Crippen LogP contribution in [0.2, 0.25) is 0 Å². The number of rotatable bonds is 0. The average Bonchev–Trinajstić information content (AvgIpc) is 0.918. The zero-order valence-electron chi connectivity index (χ0n) is 2.91. The van der Waals surface area contributed by atoms with Crippen LogP contribution in [0.3, 0.4) is 0 Å². The highest BCUT2D eigenvalue weighted by atomic mass is 28.1. The molecule has 0 fully saturated rings. The maximum Gasteiger partial charge on any atom is 0.0351 e. The lowest BCUT2D eigenvalue weighted by Crippen LogP contribution is -1.55. The zero-order valence-corrected chi connectivity index (χ0v) is 3.91. The number of methoxy groups -OCH3 is 1. The predicted octanol–water partition coefficient (Wildman–Crippen LogP) is -0.118. The highest BCUT2D eigenvalue weighted by molar-refractivity contribution is 5.75. The van der Waals surface area contributed by atoms with Gasteiger partial charge in [0.15, 0.2) is 0 Å². The Hall–Kier alpha value is 0.177. The van der Waals surface area contributed by atoms with E-state index in [1.54, 1.807) is 14.2 Å². The maximum atomic E-state index is 4.25. The molecule has 0 spiro atoms. The van der Waals surface area contributed by atoms with Crippen LogP contribution in [-0.2, 0) is 4.74 Å². The first-order valence-electron chi connectivity index (χ1n) is 0.816. The fourth-order valence-corrected chi connectivity index (χ4v) is 0. The first kappa shape index (κ1) is 8.90. The minimum absolute atomic E-state index is 0. The van der Waals surface area contributed by atoms with Crippen LogP contribution in [0.1, 0.15) is 0 Å². The molecule has 1 nitrogen and oxygen atoms in total. The Morgan fingerprint density at radius 3 is 1.25 bits per heavy atom. The second kappa shape index (κ2) is 10.9. The molecular formula is C2H6OSi. The van der Waals surface area contributed by atoms with E-state index in [9.17, 15) is 0 Å². The summed E-state index contributed by atoms with van der Waals surface area (Å²) < 4.78 is 4.25. The predicted molar refractivity (Wildman–Crippen MR) is 18.7 cm³/mol. The van der Waals surface area contributed by atoms with Gasteiger partial charge in [-0.2, -0.15) is 0 Å². The second-order valence-corrected chi connectivity index (χ2v) is 0.408. The standard InChI is InChI=1S/C2H6O.Si/c1-3-2;/h1-2H3;. The molecule has 0 saturated heterocycles. The molecule has 0 bridgehead atoms. The number of hydrogen-bond donors (Lipinski definition) is 0. The van der Waals surface area contributed by atoms with E-state index in [2.05, 4.69) is 4.74 Å². The Kier molecular flexibility index (Phi) is 24.2. The third kappa shape index (κ3) is 96.4. The highest BCUT2D eigenvalue weighted by Gasteiger charge is 1.25. The van der Waals surface area contributed by atoms with Gasteiger partial charge in [-0.3, -0.25) is 0 Å². The molecule has 0 aliphatic heterocycles. The van der Waals surface area contributed by atoms with Gasteiger partial charge in [0.2, 0.25) is 0 Å². The first-order chi connectivity index (χ1) is 1.41. The topological polar surface area (TPSA) is 9.23 Å². The number of hydrogen-bond acceptors (Lipinski definition) is 1. The zero-order chi connectivity index (χ0) is 2.71. The van der Waals surface area contributed by atoms with Gasteiger partial charge in [0.05, 0.1) is 0 Å². The molecule has 0 aromatic carbocycles. The minimum atomic E-state index is 0. The number of ether oxygens (including phenoxy) is 1. The summed E-state index contributed by atoms with van der Waals surface area (Å²) in [4.78, 5) is 0. The van der Waals surface area contributed by atoms with Crippen molar-refractivity contribution < 1.29 is 4.74 Å². The van der Waals surface area contributed by atoms with Crippen molar-refractivity contribution in [1.29, 1.82) is 0 Å². The molecule has 0 rings (SSSR count). The molecule has 0 aromatic rings. The normalized spacial score (nSPS) is 4.50. The Balaban J connectivity index is 0. The van der Waals surface area contributed by atoms with Crippen LogP contribution in [0.25, 0.3) is 0 Å². The van der Waals surface area contributed by atoms with Crippen LogP contribution < -0.4 is 0 Å². The molecule has 4 radical (unpaired) electrons. The van der Waals surface area contributed by atoms with Gasteiger partial charge in [0.1, 0.15) is 0 Å². The lowest BCUT2D eigenvalue weighted by Gasteiger charge is -1.61. The summed E-state index contributed by atoms with van der Waals surface area (Å²) in [6.45, 7) is 0. The van der Waals surface area contributed by atoms with Crippen molar-refractivity contribution in [2.24, 2.45) is 0 Å². The van der Waals surface area contributed by atoms with Crippen molar-refractivity contribution >= 4 is 11.0 Å². The Bertz CT molecular complexity index is 6.00. The summed E-state index contributed by atoms with van der Waals surface area (Å²) in [5, 5.41) is 0. The molecule has 0 aliphatic rings. The molecule has 0 amide bonds. The van der Waals surface area contributed by atoms with Crippen LogP contribution in [0.4, 0.5) is 0 Å². The Morgan fingerprint density at radius 2 is 1.25 bits per heavy atom. The van der Waals surface area contributed by atoms with Gasteiger partial charge in [-0.1, -0.05) is 0 Å². The van der Waals surface area contributed by atoms with E-state index in [-0.39, 0.29) is 11.0 Å². The molecule has 0 saturated carbocycles. The molecule has 0 N–H and O–H groups in total. The lowest BCUT2D eigenvalue weighted by molar-refractivity contribution is 0.277. The fraction of sp³-hybridized carbons (Fsp3) is 1.00. The van der Waals surface area contributed by atoms with E-state index in [4.69, 9.17) is 0 Å². The second-order valence-electron chi connectivity index (χ2n) is 0.408. The molecule has 4 heavy (non-hydrogen) atoms. The van der Waals surface area contributed by atoms with E-state index in [0.717, 1.165) is 0 Å². The van der Waals surface area contributed by atoms with Gasteiger partial charge in [-0.15, -0.1) is 0 Å². The summed E-state index contributed by atoms with van der Waals surface area (Å²) in [5.74, 6) is 0. The summed E-state index contributed by atoms with van der Waals surface area (Å²) in [6, 6.07) is 0. The Labute approximate surface area is 31.0 Å². The molecule has 0 unspecified atom stereocenters. The summed E-state index contributed by atoms with van der Waals surface area (Å²) in [7, 11) is 3.25. The molecule has 0 aliphatic carbocycles. The molecule has 0 aromatic heterocycles. The van der Waals surface area contributed by atoms with E-state index < -0.39 is 0 Å². The van der Waals surface area contributed by atoms with Crippen LogP contribution in [0.15, 0.2) is 0 Å². The Morgan fingerprint density at radius 1 is 1.25 bits per heavy atom. The van der Waals surface area contributed by atoms with Crippen molar-refractivity contribution in [3.8, 4) is 0 Å². The summed E-state index contributed by atoms with van der Waals surface area (Å²) in [6.07, 6.45) is 0. The van der Waals surface area contributed by atoms with Gasteiger partial charge >= 0.3 is 0 Å². The van der Waals surface area contributed by atoms with Crippen molar-refractivity contribution in [2.75, 3.05) is 14.2 Å². The molecular weight excluding hydrogens is 68.1 g/mol. The van der Waals surface area contributed by atoms with Crippen LogP contribution >= 0.6 is 0 Å². The molecule has 24 valence electrons. The fourth-order valence-electron chi connectivity index (χ4n) is 0. The van der Waals surface area contributed by atoms with E-state index in [1.807, 2.05) is 0 Å². The van der Waals surface area contributed by atoms with E-state index in [0.29, 0.717) is 0 Å². The van der Waals surface area contributed by atoms with Gasteiger partial charge < -0.3 is 4.74 Å². The average molecular weight is 74.2 g/mol. The van der Waals surface area contributed by atoms with Gasteiger partial charge in [-0.25, -0.2) is 0 Å². The van der Waals surface area contributed by atoms with E-state index >= 15 is 0 Å². The SMILES string of the molecule is COC.[Si]. The molecule has 2 heteroatoms. The third-order valence-electron chi connectivity index (χ3n) is 0. The van der Waals surface area contributed by atoms with Crippen LogP contribution in [-0.4, -0.2) is 25.2 Å². The summed E-state index contributed by atoms with van der Waals surface area (Å²) in [5.41, 5.74) is 0. The maximum absolute atomic E-state index is 4.25. The monoisotopic (exact) mass is 74.0 g/mol. The largest absolute Gasteiger partial charge is 0.388 e. The van der Waals surface area contributed by atoms with Gasteiger partial charge in [-0.05, 0) is 0 Å². The smallest absolute Gasteiger partial charge is 0.0351 e. The quantitative estimate of drug-likeness (QED) is 0.364. The highest BCUT2D eigenvalue weighted by Crippen LogP contribution is 1.28. The van der Waals surface area contributed by atoms with Gasteiger partial charge in [0.25, 0.3) is 0 Å². The molecule has 0 atom stereocenters. The van der Waals surface area contributed by atoms with Crippen molar-refractivity contribution in [1.82, 2.24) is 0 Å². The lowest BCUT2D eigenvalue weighted by atomic mass is 11.6. The van der Waals surface area contributed by atoms with Crippen molar-refractivity contribution in [2.45, 2.75) is 0 Å². The minimum Gasteiger partial charge on any atom is -0.388 e. The van der Waals surface area contributed by atoms with Crippen molar-refractivity contribution in [3.05, 3.63) is 0 Å². The first-order valence-corrected chi connectivity index (χ1v) is 0.816. The van der Waals surface area contributed by atoms with Crippen LogP contribution in [0, 0.1) is 0 Å². The molecule has 0 heterocycles. The third-order valence-corrected chi connectivity index (χ3v) is 0. The summed E-state index contributed by atoms with van der Waals surface area (Å²) >= 11 is 0.